The quantitative estimate of drug-likeness (QED) is 0.329. The van der Waals surface area contributed by atoms with Crippen LogP contribution in [0.4, 0.5) is 15.9 Å². The molecule has 5 heterocycles. The van der Waals surface area contributed by atoms with Crippen LogP contribution in [0, 0.1) is 5.82 Å². The number of nitrogens with zero attached hydrogens (tertiary/aromatic N) is 6. The highest BCUT2D eigenvalue weighted by Crippen LogP contribution is 2.41. The topological polar surface area (TPSA) is 123 Å². The maximum Gasteiger partial charge on any atom is 0.327 e. The lowest BCUT2D eigenvalue weighted by molar-refractivity contribution is 0.0250. The fourth-order valence-corrected chi connectivity index (χ4v) is 6.32. The lowest BCUT2D eigenvalue weighted by Gasteiger charge is -2.30. The number of halogens is 1. The van der Waals surface area contributed by atoms with Crippen molar-refractivity contribution in [3.63, 3.8) is 0 Å². The Bertz CT molecular complexity index is 1720. The molecule has 3 aromatic heterocycles. The van der Waals surface area contributed by atoms with Gasteiger partial charge in [0.15, 0.2) is 5.82 Å². The second-order valence-electron chi connectivity index (χ2n) is 10.5. The van der Waals surface area contributed by atoms with Crippen LogP contribution in [0.3, 0.4) is 0 Å². The number of fused-ring (bicyclic) bond motifs is 1. The van der Waals surface area contributed by atoms with Gasteiger partial charge in [-0.05, 0) is 43.2 Å². The smallest absolute Gasteiger partial charge is 0.327 e. The van der Waals surface area contributed by atoms with Crippen LogP contribution in [0.2, 0.25) is 0 Å². The highest BCUT2D eigenvalue weighted by atomic mass is 32.2. The van der Waals surface area contributed by atoms with Gasteiger partial charge in [-0.15, -0.1) is 0 Å². The van der Waals surface area contributed by atoms with Gasteiger partial charge in [-0.1, -0.05) is 0 Å². The minimum atomic E-state index is -4.24. The monoisotopic (exact) mass is 597 g/mol. The summed E-state index contributed by atoms with van der Waals surface area (Å²) < 4.78 is 58.2. The SMILES string of the molecule is CN(c1ccn(C)n1)S(=O)(=O)NC(=O)c1cnc2ccc(N3CCCC3c3cc(F)ccc3OC3CCOCC3)cn12. The summed E-state index contributed by atoms with van der Waals surface area (Å²) in [7, 11) is -1.26. The molecule has 0 bridgehead atoms. The third-order valence-electron chi connectivity index (χ3n) is 7.70. The van der Waals surface area contributed by atoms with E-state index in [4.69, 9.17) is 9.47 Å². The second-order valence-corrected chi connectivity index (χ2v) is 12.2. The summed E-state index contributed by atoms with van der Waals surface area (Å²) in [4.78, 5) is 19.6. The molecule has 1 amide bonds. The molecule has 12 nitrogen and oxygen atoms in total. The van der Waals surface area contributed by atoms with Crippen LogP contribution in [0.25, 0.3) is 5.65 Å². The Morgan fingerprint density at radius 3 is 2.74 bits per heavy atom. The van der Waals surface area contributed by atoms with Crippen LogP contribution < -0.4 is 18.7 Å². The molecular weight excluding hydrogens is 565 g/mol. The molecule has 42 heavy (non-hydrogen) atoms. The first-order valence-corrected chi connectivity index (χ1v) is 15.2. The number of carbonyl (C=O) groups excluding carboxylic acids is 1. The fourth-order valence-electron chi connectivity index (χ4n) is 5.50. The molecule has 1 N–H and O–H groups in total. The van der Waals surface area contributed by atoms with Gasteiger partial charge in [-0.3, -0.25) is 13.9 Å². The van der Waals surface area contributed by atoms with Crippen molar-refractivity contribution in [3.8, 4) is 5.75 Å². The Labute approximate surface area is 242 Å². The molecular formula is C28H32FN7O5S. The van der Waals surface area contributed by atoms with Crippen LogP contribution in [0.15, 0.2) is 55.0 Å². The van der Waals surface area contributed by atoms with Gasteiger partial charge in [0.2, 0.25) is 0 Å². The molecule has 1 unspecified atom stereocenters. The van der Waals surface area contributed by atoms with E-state index in [0.29, 0.717) is 31.2 Å². The summed E-state index contributed by atoms with van der Waals surface area (Å²) in [5.74, 6) is -0.350. The molecule has 0 radical (unpaired) electrons. The van der Waals surface area contributed by atoms with Crippen LogP contribution in [0.5, 0.6) is 5.75 Å². The van der Waals surface area contributed by atoms with E-state index in [1.165, 1.54) is 36.1 Å². The number of benzene rings is 1. The molecule has 0 aliphatic carbocycles. The summed E-state index contributed by atoms with van der Waals surface area (Å²) in [6.45, 7) is 1.99. The number of nitrogens with one attached hydrogen (secondary N) is 1. The molecule has 0 saturated carbocycles. The van der Waals surface area contributed by atoms with Gasteiger partial charge in [-0.2, -0.15) is 13.5 Å². The Balaban J connectivity index is 1.27. The van der Waals surface area contributed by atoms with E-state index in [1.807, 2.05) is 6.07 Å². The van der Waals surface area contributed by atoms with Gasteiger partial charge < -0.3 is 14.4 Å². The molecule has 2 fully saturated rings. The van der Waals surface area contributed by atoms with Gasteiger partial charge in [0.25, 0.3) is 5.91 Å². The standard InChI is InChI=1S/C28H32FN7O5S/c1-33-13-9-27(31-33)34(2)42(38,39)32-28(37)24-17-30-26-8-6-20(18-36(24)26)35-12-3-4-23(35)22-16-19(29)5-7-25(22)41-21-10-14-40-15-11-21/h5-9,13,16-18,21,23H,3-4,10-12,14-15H2,1-2H3,(H,32,37). The first-order chi connectivity index (χ1) is 20.2. The van der Waals surface area contributed by atoms with E-state index in [1.54, 1.807) is 36.0 Å². The van der Waals surface area contributed by atoms with Gasteiger partial charge >= 0.3 is 10.2 Å². The van der Waals surface area contributed by atoms with E-state index < -0.39 is 16.1 Å². The number of pyridine rings is 1. The highest BCUT2D eigenvalue weighted by molar-refractivity contribution is 7.91. The second kappa shape index (κ2) is 11.2. The average molecular weight is 598 g/mol. The van der Waals surface area contributed by atoms with Crippen LogP contribution in [-0.2, 0) is 22.0 Å². The number of carbonyl (C=O) groups is 1. The first kappa shape index (κ1) is 28.0. The predicted molar refractivity (Wildman–Crippen MR) is 153 cm³/mol. The maximum absolute atomic E-state index is 14.5. The van der Waals surface area contributed by atoms with Crippen molar-refractivity contribution in [2.75, 3.05) is 36.0 Å². The number of aryl methyl sites for hydroxylation is 1. The largest absolute Gasteiger partial charge is 0.490 e. The number of hydrogen-bond donors (Lipinski definition) is 1. The average Bonchev–Trinajstić information content (AvgIpc) is 3.73. The number of aromatic nitrogens is 4. The normalized spacial score (nSPS) is 18.0. The van der Waals surface area contributed by atoms with Crippen LogP contribution >= 0.6 is 0 Å². The summed E-state index contributed by atoms with van der Waals surface area (Å²) >= 11 is 0. The number of rotatable bonds is 8. The molecule has 2 aliphatic rings. The van der Waals surface area contributed by atoms with E-state index >= 15 is 0 Å². The van der Waals surface area contributed by atoms with Crippen molar-refractivity contribution in [3.05, 3.63) is 72.1 Å². The molecule has 1 atom stereocenters. The van der Waals surface area contributed by atoms with E-state index in [-0.39, 0.29) is 29.5 Å². The Kier molecular flexibility index (Phi) is 7.49. The zero-order chi connectivity index (χ0) is 29.4. The predicted octanol–water partition coefficient (Wildman–Crippen LogP) is 3.22. The fraction of sp³-hybridized carbons (Fsp3) is 0.393. The number of anilines is 2. The van der Waals surface area contributed by atoms with E-state index in [0.717, 1.165) is 41.2 Å². The van der Waals surface area contributed by atoms with Gasteiger partial charge in [0.05, 0.1) is 31.1 Å². The molecule has 14 heteroatoms. The minimum Gasteiger partial charge on any atom is -0.490 e. The Morgan fingerprint density at radius 2 is 1.98 bits per heavy atom. The van der Waals surface area contributed by atoms with Gasteiger partial charge in [0, 0.05) is 57.5 Å². The number of amides is 1. The van der Waals surface area contributed by atoms with Crippen LogP contribution in [0.1, 0.15) is 47.8 Å². The zero-order valence-corrected chi connectivity index (χ0v) is 24.1. The molecule has 0 spiro atoms. The lowest BCUT2D eigenvalue weighted by atomic mass is 10.0. The summed E-state index contributed by atoms with van der Waals surface area (Å²) in [6, 6.07) is 9.68. The van der Waals surface area contributed by atoms with Crippen LogP contribution in [-0.4, -0.2) is 66.4 Å². The molecule has 222 valence electrons. The van der Waals surface area contributed by atoms with Crippen molar-refractivity contribution < 1.29 is 27.1 Å². The summed E-state index contributed by atoms with van der Waals surface area (Å²) in [5.41, 5.74) is 2.08. The summed E-state index contributed by atoms with van der Waals surface area (Å²) in [6.07, 6.45) is 7.93. The number of ether oxygens (including phenoxy) is 2. The highest BCUT2D eigenvalue weighted by Gasteiger charge is 2.31. The van der Waals surface area contributed by atoms with Gasteiger partial charge in [-0.25, -0.2) is 18.4 Å². The number of imidazole rings is 1. The van der Waals surface area contributed by atoms with Crippen molar-refractivity contribution in [1.29, 1.82) is 0 Å². The van der Waals surface area contributed by atoms with Crippen molar-refractivity contribution in [2.45, 2.75) is 37.8 Å². The lowest BCUT2D eigenvalue weighted by Crippen LogP contribution is -2.42. The van der Waals surface area contributed by atoms with Crippen molar-refractivity contribution >= 4 is 33.3 Å². The Hall–Kier alpha value is -4.17. The third-order valence-corrected chi connectivity index (χ3v) is 9.06. The maximum atomic E-state index is 14.5. The summed E-state index contributed by atoms with van der Waals surface area (Å²) in [5, 5.41) is 4.08. The van der Waals surface area contributed by atoms with Crippen molar-refractivity contribution in [2.24, 2.45) is 7.05 Å². The zero-order valence-electron chi connectivity index (χ0n) is 23.3. The van der Waals surface area contributed by atoms with E-state index in [9.17, 15) is 17.6 Å². The first-order valence-electron chi connectivity index (χ1n) is 13.8. The minimum absolute atomic E-state index is 0.00850. The molecule has 6 rings (SSSR count). The number of hydrogen-bond acceptors (Lipinski definition) is 8. The molecule has 2 saturated heterocycles. The molecule has 4 aromatic rings. The van der Waals surface area contributed by atoms with E-state index in [2.05, 4.69) is 19.7 Å². The molecule has 1 aromatic carbocycles. The van der Waals surface area contributed by atoms with Gasteiger partial charge in [0.1, 0.15) is 29.0 Å². The Morgan fingerprint density at radius 1 is 1.17 bits per heavy atom. The molecule has 2 aliphatic heterocycles. The van der Waals surface area contributed by atoms with Crippen molar-refractivity contribution in [1.82, 2.24) is 23.9 Å². The third kappa shape index (κ3) is 5.51.